The molecule has 1 aromatic carbocycles. The average molecular weight is 474 g/mol. The van der Waals surface area contributed by atoms with Crippen LogP contribution in [-0.4, -0.2) is 79.2 Å². The van der Waals surface area contributed by atoms with E-state index in [-0.39, 0.29) is 43.7 Å². The molecule has 0 aliphatic carbocycles. The van der Waals surface area contributed by atoms with Gasteiger partial charge in [-0.2, -0.15) is 0 Å². The minimum absolute atomic E-state index is 0.00573. The summed E-state index contributed by atoms with van der Waals surface area (Å²) in [5.74, 6) is -1.16. The van der Waals surface area contributed by atoms with E-state index in [1.165, 1.54) is 11.9 Å². The molecule has 188 valence electrons. The second-order valence-corrected chi connectivity index (χ2v) is 9.09. The van der Waals surface area contributed by atoms with Gasteiger partial charge in [0.15, 0.2) is 0 Å². The van der Waals surface area contributed by atoms with Crippen LogP contribution in [0.25, 0.3) is 0 Å². The molecule has 0 radical (unpaired) electrons. The Hall–Kier alpha value is -2.74. The van der Waals surface area contributed by atoms with E-state index >= 15 is 0 Å². The molecule has 1 aliphatic rings. The third-order valence-electron chi connectivity index (χ3n) is 6.09. The van der Waals surface area contributed by atoms with Crippen molar-refractivity contribution in [2.45, 2.75) is 70.4 Å². The Labute approximate surface area is 203 Å². The molecule has 2 amide bonds. The number of hydrogen-bond acceptors (Lipinski definition) is 6. The summed E-state index contributed by atoms with van der Waals surface area (Å²) < 4.78 is 5.20. The highest BCUT2D eigenvalue weighted by molar-refractivity contribution is 5.91. The van der Waals surface area contributed by atoms with Gasteiger partial charge in [-0.05, 0) is 25.5 Å². The molecule has 2 atom stereocenters. The van der Waals surface area contributed by atoms with Crippen LogP contribution in [0.2, 0.25) is 0 Å². The van der Waals surface area contributed by atoms with Crippen molar-refractivity contribution < 1.29 is 23.9 Å². The van der Waals surface area contributed by atoms with Crippen molar-refractivity contribution in [2.75, 3.05) is 33.8 Å². The van der Waals surface area contributed by atoms with Crippen molar-refractivity contribution in [1.82, 2.24) is 15.1 Å². The quantitative estimate of drug-likeness (QED) is 0.482. The van der Waals surface area contributed by atoms with Gasteiger partial charge >= 0.3 is 5.97 Å². The van der Waals surface area contributed by atoms with Crippen LogP contribution in [0.15, 0.2) is 30.3 Å². The molecule has 8 heteroatoms. The largest absolute Gasteiger partial charge is 0.464 e. The minimum atomic E-state index is -0.833. The number of benzene rings is 1. The molecule has 1 aliphatic heterocycles. The zero-order valence-electron chi connectivity index (χ0n) is 20.8. The topological polar surface area (TPSA) is 96.0 Å². The predicted octanol–water partition coefficient (Wildman–Crippen LogP) is 2.35. The van der Waals surface area contributed by atoms with Crippen LogP contribution in [0.3, 0.4) is 0 Å². The molecule has 2 rings (SSSR count). The molecule has 0 saturated carbocycles. The maximum Gasteiger partial charge on any atom is 0.325 e. The predicted molar refractivity (Wildman–Crippen MR) is 130 cm³/mol. The van der Waals surface area contributed by atoms with Crippen LogP contribution in [0.1, 0.15) is 57.4 Å². The summed E-state index contributed by atoms with van der Waals surface area (Å²) in [4.78, 5) is 54.4. The number of nitrogens with zero attached hydrogens (tertiary/aromatic N) is 2. The summed E-state index contributed by atoms with van der Waals surface area (Å²) in [6, 6.07) is 8.10. The lowest BCUT2D eigenvalue weighted by molar-refractivity contribution is -0.149. The van der Waals surface area contributed by atoms with E-state index in [1.54, 1.807) is 11.9 Å². The van der Waals surface area contributed by atoms with E-state index < -0.39 is 18.1 Å². The zero-order valence-corrected chi connectivity index (χ0v) is 20.8. The summed E-state index contributed by atoms with van der Waals surface area (Å²) in [5, 5.41) is 2.93. The third kappa shape index (κ3) is 9.25. The average Bonchev–Trinajstić information content (AvgIpc) is 2.81. The number of esters is 1. The fourth-order valence-electron chi connectivity index (χ4n) is 4.14. The van der Waals surface area contributed by atoms with Crippen molar-refractivity contribution in [3.8, 4) is 0 Å². The first-order chi connectivity index (χ1) is 16.3. The van der Waals surface area contributed by atoms with Gasteiger partial charge in [-0.15, -0.1) is 0 Å². The lowest BCUT2D eigenvalue weighted by Crippen LogP contribution is -2.55. The van der Waals surface area contributed by atoms with Gasteiger partial charge in [-0.1, -0.05) is 62.9 Å². The van der Waals surface area contributed by atoms with Gasteiger partial charge in [0.25, 0.3) is 0 Å². The maximum absolute atomic E-state index is 13.4. The molecule has 2 unspecified atom stereocenters. The second kappa shape index (κ2) is 14.5. The molecule has 1 aromatic rings. The van der Waals surface area contributed by atoms with Crippen LogP contribution in [-0.2, 0) is 30.3 Å². The van der Waals surface area contributed by atoms with Gasteiger partial charge in [0.2, 0.25) is 11.8 Å². The fourth-order valence-corrected chi connectivity index (χ4v) is 4.14. The number of hydrogen-bond donors (Lipinski definition) is 1. The van der Waals surface area contributed by atoms with Crippen LogP contribution >= 0.6 is 0 Å². The van der Waals surface area contributed by atoms with Crippen molar-refractivity contribution in [3.63, 3.8) is 0 Å². The standard InChI is InChI=1S/C26H39N3O5/c1-4-5-6-10-15-23-25(32)27-22(17-20-12-8-7-9-13-20)26(33)29(3)19-24(31)34-16-11-14-21(30)18-28(23)2/h7-9,12-13,22-23H,4-6,10-11,14-19H2,1-3H3,(H,27,32). The van der Waals surface area contributed by atoms with E-state index in [1.807, 2.05) is 30.3 Å². The zero-order chi connectivity index (χ0) is 24.9. The number of nitrogens with one attached hydrogen (secondary N) is 1. The molecule has 1 N–H and O–H groups in total. The smallest absolute Gasteiger partial charge is 0.325 e. The molecule has 34 heavy (non-hydrogen) atoms. The summed E-state index contributed by atoms with van der Waals surface area (Å²) in [7, 11) is 3.31. The number of carbonyl (C=O) groups is 4. The van der Waals surface area contributed by atoms with Gasteiger partial charge in [0, 0.05) is 19.9 Å². The molecule has 0 spiro atoms. The monoisotopic (exact) mass is 473 g/mol. The Balaban J connectivity index is 2.28. The van der Waals surface area contributed by atoms with E-state index in [2.05, 4.69) is 12.2 Å². The molecular weight excluding hydrogens is 434 g/mol. The number of carbonyl (C=O) groups excluding carboxylic acids is 4. The lowest BCUT2D eigenvalue weighted by atomic mass is 10.0. The number of rotatable bonds is 7. The Morgan fingerprint density at radius 1 is 1.00 bits per heavy atom. The number of ether oxygens (including phenoxy) is 1. The molecule has 0 bridgehead atoms. The van der Waals surface area contributed by atoms with E-state index in [0.717, 1.165) is 31.2 Å². The number of ketones is 1. The van der Waals surface area contributed by atoms with Crippen LogP contribution in [0, 0.1) is 0 Å². The summed E-state index contributed by atoms with van der Waals surface area (Å²) in [6.07, 6.45) is 5.65. The molecular formula is C26H39N3O5. The van der Waals surface area contributed by atoms with Crippen molar-refractivity contribution in [2.24, 2.45) is 0 Å². The lowest BCUT2D eigenvalue weighted by Gasteiger charge is -2.30. The second-order valence-electron chi connectivity index (χ2n) is 9.09. The van der Waals surface area contributed by atoms with Crippen LogP contribution in [0.4, 0.5) is 0 Å². The molecule has 1 fully saturated rings. The molecule has 0 aromatic heterocycles. The summed E-state index contributed by atoms with van der Waals surface area (Å²) >= 11 is 0. The van der Waals surface area contributed by atoms with Gasteiger partial charge in [0.05, 0.1) is 19.2 Å². The highest BCUT2D eigenvalue weighted by Gasteiger charge is 2.31. The highest BCUT2D eigenvalue weighted by atomic mass is 16.5. The number of likely N-dealkylation sites (N-methyl/N-ethyl adjacent to an activating group) is 2. The number of unbranched alkanes of at least 4 members (excludes halogenated alkanes) is 3. The maximum atomic E-state index is 13.4. The van der Waals surface area contributed by atoms with E-state index in [4.69, 9.17) is 4.74 Å². The first-order valence-electron chi connectivity index (χ1n) is 12.3. The van der Waals surface area contributed by atoms with Gasteiger partial charge in [-0.25, -0.2) is 0 Å². The first-order valence-corrected chi connectivity index (χ1v) is 12.3. The van der Waals surface area contributed by atoms with Crippen LogP contribution < -0.4 is 5.32 Å². The van der Waals surface area contributed by atoms with Crippen molar-refractivity contribution >= 4 is 23.6 Å². The minimum Gasteiger partial charge on any atom is -0.464 e. The van der Waals surface area contributed by atoms with Gasteiger partial charge in [0.1, 0.15) is 18.4 Å². The van der Waals surface area contributed by atoms with Crippen molar-refractivity contribution in [3.05, 3.63) is 35.9 Å². The number of cyclic esters (lactones) is 1. The van der Waals surface area contributed by atoms with E-state index in [0.29, 0.717) is 19.3 Å². The summed E-state index contributed by atoms with van der Waals surface area (Å²) in [6.45, 7) is 2.18. The normalized spacial score (nSPS) is 22.0. The van der Waals surface area contributed by atoms with Gasteiger partial charge in [-0.3, -0.25) is 24.1 Å². The Morgan fingerprint density at radius 2 is 1.74 bits per heavy atom. The summed E-state index contributed by atoms with van der Waals surface area (Å²) in [5.41, 5.74) is 0.901. The fraction of sp³-hybridized carbons (Fsp3) is 0.615. The molecule has 1 saturated heterocycles. The molecule has 1 heterocycles. The third-order valence-corrected chi connectivity index (χ3v) is 6.09. The van der Waals surface area contributed by atoms with Gasteiger partial charge < -0.3 is 15.0 Å². The Morgan fingerprint density at radius 3 is 2.44 bits per heavy atom. The number of Topliss-reactive ketones (excluding diaryl/α,β-unsaturated/α-hetero) is 1. The Kier molecular flexibility index (Phi) is 11.7. The SMILES string of the molecule is CCCCCCC1C(=O)NC(Cc2ccccc2)C(=O)N(C)CC(=O)OCCCC(=O)CN1C. The Bertz CT molecular complexity index is 814. The van der Waals surface area contributed by atoms with E-state index in [9.17, 15) is 19.2 Å². The van der Waals surface area contributed by atoms with Crippen LogP contribution in [0.5, 0.6) is 0 Å². The first kappa shape index (κ1) is 27.5. The highest BCUT2D eigenvalue weighted by Crippen LogP contribution is 2.13. The number of amides is 2. The van der Waals surface area contributed by atoms with Crippen molar-refractivity contribution in [1.29, 1.82) is 0 Å². The molecule has 8 nitrogen and oxygen atoms in total.